The molecule has 1 aliphatic heterocycles. The number of epoxide rings is 1. The summed E-state index contributed by atoms with van der Waals surface area (Å²) in [4.78, 5) is 25.4. The Labute approximate surface area is 172 Å². The summed E-state index contributed by atoms with van der Waals surface area (Å²) in [5, 5.41) is 10.0. The number of fused-ring (bicyclic) bond motifs is 7. The molecule has 4 bridgehead atoms. The molecule has 0 aromatic heterocycles. The molecule has 1 heterocycles. The molecule has 0 radical (unpaired) electrons. The van der Waals surface area contributed by atoms with Crippen LogP contribution in [0.5, 0.6) is 0 Å². The standard InChI is InChI=1S/C23H34O6/c1-10-13-5-12(6-16(13)24)17(10)21(25)27-8-23(3,4)9-28-22(26)18-11(2)14-7-15(18)20-19(14)29-20/h10-20,24H,5-9H2,1-4H3. The van der Waals surface area contributed by atoms with Crippen molar-refractivity contribution >= 4 is 11.9 Å². The van der Waals surface area contributed by atoms with Crippen LogP contribution in [0, 0.1) is 52.8 Å². The average Bonchev–Trinajstić information content (AvgIpc) is 2.91. The monoisotopic (exact) mass is 406 g/mol. The summed E-state index contributed by atoms with van der Waals surface area (Å²) in [5.74, 6) is 1.37. The normalized spacial score (nSPS) is 49.2. The van der Waals surface area contributed by atoms with E-state index in [-0.39, 0.29) is 66.9 Å². The van der Waals surface area contributed by atoms with Crippen molar-refractivity contribution in [3.8, 4) is 0 Å². The van der Waals surface area contributed by atoms with E-state index in [1.54, 1.807) is 0 Å². The molecule has 5 rings (SSSR count). The maximum absolute atomic E-state index is 12.8. The van der Waals surface area contributed by atoms with Crippen molar-refractivity contribution in [3.05, 3.63) is 0 Å². The van der Waals surface area contributed by atoms with Gasteiger partial charge < -0.3 is 19.3 Å². The smallest absolute Gasteiger partial charge is 0.309 e. The lowest BCUT2D eigenvalue weighted by molar-refractivity contribution is -0.161. The second-order valence-corrected chi connectivity index (χ2v) is 11.2. The first-order chi connectivity index (χ1) is 13.7. The fourth-order valence-corrected chi connectivity index (χ4v) is 7.13. The molecule has 0 aromatic carbocycles. The van der Waals surface area contributed by atoms with E-state index in [0.717, 1.165) is 12.8 Å². The molecular weight excluding hydrogens is 372 g/mol. The van der Waals surface area contributed by atoms with E-state index in [2.05, 4.69) is 13.8 Å². The van der Waals surface area contributed by atoms with Crippen LogP contribution in [0.4, 0.5) is 0 Å². The van der Waals surface area contributed by atoms with Gasteiger partial charge in [0, 0.05) is 11.3 Å². The Hall–Kier alpha value is -1.14. The predicted octanol–water partition coefficient (Wildman–Crippen LogP) is 2.42. The zero-order valence-corrected chi connectivity index (χ0v) is 17.9. The highest BCUT2D eigenvalue weighted by Gasteiger charge is 2.68. The molecule has 11 unspecified atom stereocenters. The van der Waals surface area contributed by atoms with Gasteiger partial charge in [-0.05, 0) is 48.9 Å². The van der Waals surface area contributed by atoms with Crippen molar-refractivity contribution in [2.24, 2.45) is 52.8 Å². The topological polar surface area (TPSA) is 85.4 Å². The maximum atomic E-state index is 12.8. The van der Waals surface area contributed by atoms with Crippen LogP contribution in [-0.2, 0) is 23.8 Å². The molecule has 4 saturated carbocycles. The van der Waals surface area contributed by atoms with Gasteiger partial charge in [-0.3, -0.25) is 9.59 Å². The fourth-order valence-electron chi connectivity index (χ4n) is 7.13. The van der Waals surface area contributed by atoms with Gasteiger partial charge in [-0.15, -0.1) is 0 Å². The molecule has 5 aliphatic rings. The van der Waals surface area contributed by atoms with Crippen LogP contribution in [0.2, 0.25) is 0 Å². The predicted molar refractivity (Wildman–Crippen MR) is 103 cm³/mol. The van der Waals surface area contributed by atoms with Gasteiger partial charge in [-0.1, -0.05) is 27.7 Å². The molecule has 0 spiro atoms. The van der Waals surface area contributed by atoms with Gasteiger partial charge in [0.1, 0.15) is 0 Å². The SMILES string of the molecule is CC1C2CC(CC2O)C1C(=O)OCC(C)(C)COC(=O)C1C(C)C2CC1C1OC21. The number of hydrogen-bond donors (Lipinski definition) is 1. The number of ether oxygens (including phenoxy) is 3. The lowest BCUT2D eigenvalue weighted by Crippen LogP contribution is -2.38. The van der Waals surface area contributed by atoms with E-state index < -0.39 is 5.41 Å². The minimum absolute atomic E-state index is 0.0524. The van der Waals surface area contributed by atoms with Crippen LogP contribution < -0.4 is 0 Å². The van der Waals surface area contributed by atoms with Crippen LogP contribution >= 0.6 is 0 Å². The second-order valence-electron chi connectivity index (χ2n) is 11.2. The lowest BCUT2D eigenvalue weighted by Gasteiger charge is -2.31. The summed E-state index contributed by atoms with van der Waals surface area (Å²) in [6, 6.07) is 0. The van der Waals surface area contributed by atoms with Crippen molar-refractivity contribution in [2.75, 3.05) is 13.2 Å². The molecule has 6 nitrogen and oxygen atoms in total. The summed E-state index contributed by atoms with van der Waals surface area (Å²) >= 11 is 0. The van der Waals surface area contributed by atoms with Crippen molar-refractivity contribution in [1.82, 2.24) is 0 Å². The van der Waals surface area contributed by atoms with Gasteiger partial charge in [-0.2, -0.15) is 0 Å². The molecular formula is C23H34O6. The molecule has 5 fully saturated rings. The molecule has 29 heavy (non-hydrogen) atoms. The Kier molecular flexibility index (Phi) is 4.56. The highest BCUT2D eigenvalue weighted by molar-refractivity contribution is 5.75. The first-order valence-corrected chi connectivity index (χ1v) is 11.3. The van der Waals surface area contributed by atoms with E-state index in [1.807, 2.05) is 13.8 Å². The van der Waals surface area contributed by atoms with E-state index in [0.29, 0.717) is 30.3 Å². The van der Waals surface area contributed by atoms with Crippen molar-refractivity contribution in [3.63, 3.8) is 0 Å². The van der Waals surface area contributed by atoms with Gasteiger partial charge >= 0.3 is 11.9 Å². The zero-order chi connectivity index (χ0) is 20.7. The number of hydrogen-bond acceptors (Lipinski definition) is 6. The lowest BCUT2D eigenvalue weighted by atomic mass is 9.79. The third-order valence-corrected chi connectivity index (χ3v) is 8.77. The molecule has 6 heteroatoms. The Bertz CT molecular complexity index is 701. The molecule has 0 amide bonds. The highest BCUT2D eigenvalue weighted by atomic mass is 16.6. The summed E-state index contributed by atoms with van der Waals surface area (Å²) in [7, 11) is 0. The maximum Gasteiger partial charge on any atom is 0.309 e. The van der Waals surface area contributed by atoms with Gasteiger partial charge in [0.15, 0.2) is 0 Å². The van der Waals surface area contributed by atoms with E-state index in [4.69, 9.17) is 14.2 Å². The van der Waals surface area contributed by atoms with Crippen LogP contribution in [0.15, 0.2) is 0 Å². The van der Waals surface area contributed by atoms with Crippen LogP contribution in [0.1, 0.15) is 47.0 Å². The van der Waals surface area contributed by atoms with Gasteiger partial charge in [0.25, 0.3) is 0 Å². The zero-order valence-electron chi connectivity index (χ0n) is 17.9. The van der Waals surface area contributed by atoms with Crippen LogP contribution in [0.25, 0.3) is 0 Å². The molecule has 11 atom stereocenters. The quantitative estimate of drug-likeness (QED) is 0.539. The Balaban J connectivity index is 1.10. The summed E-state index contributed by atoms with van der Waals surface area (Å²) in [6.45, 7) is 8.62. The van der Waals surface area contributed by atoms with E-state index >= 15 is 0 Å². The van der Waals surface area contributed by atoms with E-state index in [1.165, 1.54) is 0 Å². The van der Waals surface area contributed by atoms with Crippen molar-refractivity contribution in [1.29, 1.82) is 0 Å². The fraction of sp³-hybridized carbons (Fsp3) is 0.913. The number of carbonyl (C=O) groups excluding carboxylic acids is 2. The largest absolute Gasteiger partial charge is 0.465 e. The summed E-state index contributed by atoms with van der Waals surface area (Å²) < 4.78 is 17.1. The van der Waals surface area contributed by atoms with Gasteiger partial charge in [0.2, 0.25) is 0 Å². The minimum Gasteiger partial charge on any atom is -0.465 e. The summed E-state index contributed by atoms with van der Waals surface area (Å²) in [6.07, 6.45) is 3.14. The highest BCUT2D eigenvalue weighted by Crippen LogP contribution is 2.61. The summed E-state index contributed by atoms with van der Waals surface area (Å²) in [5.41, 5.74) is -0.425. The Morgan fingerprint density at radius 3 is 2.07 bits per heavy atom. The number of rotatable bonds is 6. The molecule has 0 aromatic rings. The van der Waals surface area contributed by atoms with Crippen LogP contribution in [0.3, 0.4) is 0 Å². The third-order valence-electron chi connectivity index (χ3n) is 8.77. The molecule has 4 aliphatic carbocycles. The van der Waals surface area contributed by atoms with Crippen molar-refractivity contribution < 1.29 is 28.9 Å². The van der Waals surface area contributed by atoms with E-state index in [9.17, 15) is 14.7 Å². The number of aliphatic hydroxyl groups excluding tert-OH is 1. The Morgan fingerprint density at radius 1 is 0.897 bits per heavy atom. The van der Waals surface area contributed by atoms with Crippen LogP contribution in [-0.4, -0.2) is 48.6 Å². The number of carbonyl (C=O) groups is 2. The molecule has 162 valence electrons. The number of aliphatic hydroxyl groups is 1. The second kappa shape index (κ2) is 6.68. The number of esters is 2. The van der Waals surface area contributed by atoms with Crippen molar-refractivity contribution in [2.45, 2.75) is 65.3 Å². The first kappa shape index (κ1) is 19.8. The minimum atomic E-state index is -0.425. The Morgan fingerprint density at radius 2 is 1.48 bits per heavy atom. The average molecular weight is 407 g/mol. The molecule has 1 saturated heterocycles. The third kappa shape index (κ3) is 3.13. The molecule has 1 N–H and O–H groups in total. The van der Waals surface area contributed by atoms with Gasteiger partial charge in [-0.25, -0.2) is 0 Å². The van der Waals surface area contributed by atoms with Gasteiger partial charge in [0.05, 0.1) is 43.4 Å². The first-order valence-electron chi connectivity index (χ1n) is 11.3.